The molecule has 0 aliphatic carbocycles. The normalized spacial score (nSPS) is 15.0. The Kier molecular flexibility index (Phi) is 7.23. The summed E-state index contributed by atoms with van der Waals surface area (Å²) in [6.45, 7) is 2.14. The molecule has 2 aliphatic heterocycles. The van der Waals surface area contributed by atoms with Gasteiger partial charge < -0.3 is 24.3 Å². The fourth-order valence-corrected chi connectivity index (χ4v) is 4.69. The Morgan fingerprint density at radius 2 is 1.74 bits per heavy atom. The number of aryl methyl sites for hydroxylation is 1. The maximum atomic E-state index is 13.5. The van der Waals surface area contributed by atoms with Crippen LogP contribution in [-0.4, -0.2) is 43.7 Å². The van der Waals surface area contributed by atoms with E-state index in [2.05, 4.69) is 10.3 Å². The molecule has 9 nitrogen and oxygen atoms in total. The van der Waals surface area contributed by atoms with E-state index in [4.69, 9.17) is 18.9 Å². The zero-order valence-electron chi connectivity index (χ0n) is 21.0. The fraction of sp³-hybridized carbons (Fsp3) is 0.179. The number of nitrogens with one attached hydrogen (secondary N) is 1. The molecule has 1 N–H and O–H groups in total. The summed E-state index contributed by atoms with van der Waals surface area (Å²) in [6, 6.07) is 18.1. The maximum Gasteiger partial charge on any atom is 0.283 e. The van der Waals surface area contributed by atoms with Crippen LogP contribution in [0.4, 0.5) is 11.4 Å². The standard InChI is InChI=1S/C28H25N3O6S/c1-17-4-7-20(8-5-17)31-27(33)23(10-18-6-9-24-25(11-18)37-16-36-24)30-28(31)38-15-26(32)29-19-12-21(34-2)14-22(13-19)35-3/h4-14H,15-16H2,1-3H3,(H,29,32). The van der Waals surface area contributed by atoms with Gasteiger partial charge in [-0.05, 0) is 42.8 Å². The van der Waals surface area contributed by atoms with Crippen LogP contribution < -0.4 is 29.2 Å². The molecule has 0 unspecified atom stereocenters. The highest BCUT2D eigenvalue weighted by molar-refractivity contribution is 8.14. The Bertz CT molecular complexity index is 1430. The van der Waals surface area contributed by atoms with Gasteiger partial charge in [0.05, 0.1) is 25.7 Å². The van der Waals surface area contributed by atoms with Crippen LogP contribution in [0.25, 0.3) is 6.08 Å². The van der Waals surface area contributed by atoms with Gasteiger partial charge in [0.15, 0.2) is 16.7 Å². The molecule has 0 spiro atoms. The molecule has 194 valence electrons. The van der Waals surface area contributed by atoms with Gasteiger partial charge in [-0.2, -0.15) is 0 Å². The number of carbonyl (C=O) groups excluding carboxylic acids is 2. The number of nitrogens with zero attached hydrogens (tertiary/aromatic N) is 2. The first-order chi connectivity index (χ1) is 18.4. The first-order valence-corrected chi connectivity index (χ1v) is 12.7. The predicted octanol–water partition coefficient (Wildman–Crippen LogP) is 4.86. The van der Waals surface area contributed by atoms with Gasteiger partial charge in [-0.15, -0.1) is 0 Å². The van der Waals surface area contributed by atoms with E-state index in [1.807, 2.05) is 37.3 Å². The predicted molar refractivity (Wildman–Crippen MR) is 147 cm³/mol. The van der Waals surface area contributed by atoms with E-state index in [-0.39, 0.29) is 30.1 Å². The Morgan fingerprint density at radius 3 is 2.45 bits per heavy atom. The minimum atomic E-state index is -0.285. The summed E-state index contributed by atoms with van der Waals surface area (Å²) < 4.78 is 21.4. The number of thioether (sulfide) groups is 1. The van der Waals surface area contributed by atoms with Crippen molar-refractivity contribution in [1.29, 1.82) is 0 Å². The van der Waals surface area contributed by atoms with Crippen molar-refractivity contribution in [2.24, 2.45) is 4.99 Å². The lowest BCUT2D eigenvalue weighted by atomic mass is 10.1. The lowest BCUT2D eigenvalue weighted by Gasteiger charge is -2.18. The van der Waals surface area contributed by atoms with E-state index >= 15 is 0 Å². The average molecular weight is 532 g/mol. The highest BCUT2D eigenvalue weighted by Gasteiger charge is 2.32. The van der Waals surface area contributed by atoms with Crippen molar-refractivity contribution in [2.45, 2.75) is 6.92 Å². The second-order valence-corrected chi connectivity index (χ2v) is 9.39. The third-order valence-electron chi connectivity index (χ3n) is 5.79. The van der Waals surface area contributed by atoms with Gasteiger partial charge in [0.1, 0.15) is 17.2 Å². The van der Waals surface area contributed by atoms with Crippen LogP contribution in [0.15, 0.2) is 71.4 Å². The summed E-state index contributed by atoms with van der Waals surface area (Å²) in [5.41, 5.74) is 3.27. The number of carbonyl (C=O) groups is 2. The molecule has 2 aliphatic rings. The lowest BCUT2D eigenvalue weighted by Crippen LogP contribution is -2.31. The Balaban J connectivity index is 1.37. The smallest absolute Gasteiger partial charge is 0.283 e. The van der Waals surface area contributed by atoms with Gasteiger partial charge in [0.25, 0.3) is 5.91 Å². The number of benzene rings is 3. The first-order valence-electron chi connectivity index (χ1n) is 11.7. The molecule has 2 amide bonds. The molecular formula is C28H25N3O6S. The number of hydrogen-bond acceptors (Lipinski definition) is 8. The molecule has 0 saturated heterocycles. The lowest BCUT2D eigenvalue weighted by molar-refractivity contribution is -0.114. The fourth-order valence-electron chi connectivity index (χ4n) is 3.88. The van der Waals surface area contributed by atoms with Crippen molar-refractivity contribution >= 4 is 46.2 Å². The van der Waals surface area contributed by atoms with Crippen LogP contribution in [0.2, 0.25) is 0 Å². The number of rotatable bonds is 7. The van der Waals surface area contributed by atoms with Crippen molar-refractivity contribution in [2.75, 3.05) is 37.0 Å². The van der Waals surface area contributed by atoms with Crippen molar-refractivity contribution < 1.29 is 28.5 Å². The molecule has 0 saturated carbocycles. The van der Waals surface area contributed by atoms with Gasteiger partial charge in [0, 0.05) is 23.9 Å². The Hall–Kier alpha value is -4.44. The van der Waals surface area contributed by atoms with Crippen molar-refractivity contribution in [3.05, 3.63) is 77.5 Å². The molecule has 0 aromatic heterocycles. The molecule has 3 aromatic rings. The molecular weight excluding hydrogens is 506 g/mol. The number of amides is 2. The maximum absolute atomic E-state index is 13.5. The van der Waals surface area contributed by atoms with Crippen LogP contribution in [0.5, 0.6) is 23.0 Å². The summed E-state index contributed by atoms with van der Waals surface area (Å²) in [6.07, 6.45) is 1.70. The second-order valence-electron chi connectivity index (χ2n) is 8.45. The van der Waals surface area contributed by atoms with Crippen LogP contribution in [0.3, 0.4) is 0 Å². The number of methoxy groups -OCH3 is 2. The summed E-state index contributed by atoms with van der Waals surface area (Å²) >= 11 is 1.17. The monoisotopic (exact) mass is 531 g/mol. The Morgan fingerprint density at radius 1 is 1.03 bits per heavy atom. The van der Waals surface area contributed by atoms with Crippen LogP contribution in [0.1, 0.15) is 11.1 Å². The van der Waals surface area contributed by atoms with Gasteiger partial charge in [-0.1, -0.05) is 35.5 Å². The molecule has 0 fully saturated rings. The zero-order chi connectivity index (χ0) is 26.6. The van der Waals surface area contributed by atoms with E-state index in [1.54, 1.807) is 50.6 Å². The van der Waals surface area contributed by atoms with Crippen molar-refractivity contribution in [1.82, 2.24) is 0 Å². The average Bonchev–Trinajstić information content (AvgIpc) is 3.51. The SMILES string of the molecule is COc1cc(NC(=O)CSC2=NC(=Cc3ccc4c(c3)OCO4)C(=O)N2c2ccc(C)cc2)cc(OC)c1. The summed E-state index contributed by atoms with van der Waals surface area (Å²) in [5, 5.41) is 3.25. The van der Waals surface area contributed by atoms with Gasteiger partial charge in [-0.3, -0.25) is 14.5 Å². The van der Waals surface area contributed by atoms with Crippen molar-refractivity contribution in [3.8, 4) is 23.0 Å². The van der Waals surface area contributed by atoms with E-state index in [0.29, 0.717) is 39.5 Å². The van der Waals surface area contributed by atoms with E-state index in [1.165, 1.54) is 16.7 Å². The number of aliphatic imine (C=N–C) groups is 1. The van der Waals surface area contributed by atoms with Crippen LogP contribution >= 0.6 is 11.8 Å². The largest absolute Gasteiger partial charge is 0.497 e. The molecule has 38 heavy (non-hydrogen) atoms. The van der Waals surface area contributed by atoms with E-state index in [0.717, 1.165) is 11.1 Å². The number of ether oxygens (including phenoxy) is 4. The first kappa shape index (κ1) is 25.2. The third kappa shape index (κ3) is 5.45. The van der Waals surface area contributed by atoms with Crippen LogP contribution in [-0.2, 0) is 9.59 Å². The molecule has 0 atom stereocenters. The number of amidine groups is 1. The molecule has 10 heteroatoms. The second kappa shape index (κ2) is 10.9. The van der Waals surface area contributed by atoms with Crippen molar-refractivity contribution in [3.63, 3.8) is 0 Å². The summed E-state index contributed by atoms with van der Waals surface area (Å²) in [4.78, 5) is 32.4. The van der Waals surface area contributed by atoms with E-state index < -0.39 is 0 Å². The van der Waals surface area contributed by atoms with Crippen LogP contribution in [0, 0.1) is 6.92 Å². The number of fused-ring (bicyclic) bond motifs is 1. The summed E-state index contributed by atoms with van der Waals surface area (Å²) in [7, 11) is 3.08. The molecule has 5 rings (SSSR count). The number of hydrogen-bond donors (Lipinski definition) is 1. The highest BCUT2D eigenvalue weighted by atomic mass is 32.2. The topological polar surface area (TPSA) is 98.7 Å². The summed E-state index contributed by atoms with van der Waals surface area (Å²) in [5.74, 6) is 1.87. The highest BCUT2D eigenvalue weighted by Crippen LogP contribution is 2.35. The minimum Gasteiger partial charge on any atom is -0.497 e. The molecule has 0 bridgehead atoms. The number of anilines is 2. The third-order valence-corrected chi connectivity index (χ3v) is 6.73. The van der Waals surface area contributed by atoms with Gasteiger partial charge in [-0.25, -0.2) is 4.99 Å². The van der Waals surface area contributed by atoms with Gasteiger partial charge >= 0.3 is 0 Å². The quantitative estimate of drug-likeness (QED) is 0.435. The molecule has 3 aromatic carbocycles. The molecule has 0 radical (unpaired) electrons. The van der Waals surface area contributed by atoms with E-state index in [9.17, 15) is 9.59 Å². The van der Waals surface area contributed by atoms with Gasteiger partial charge in [0.2, 0.25) is 12.7 Å². The zero-order valence-corrected chi connectivity index (χ0v) is 21.8. The minimum absolute atomic E-state index is 0.0330. The molecule has 2 heterocycles. The Labute approximate surface area is 224 Å².